The lowest BCUT2D eigenvalue weighted by atomic mass is 10.4. The van der Waals surface area contributed by atoms with Crippen molar-refractivity contribution in [2.24, 2.45) is 0 Å². The van der Waals surface area contributed by atoms with Crippen LogP contribution in [0.5, 0.6) is 0 Å². The van der Waals surface area contributed by atoms with Gasteiger partial charge in [0.25, 0.3) is 0 Å². The van der Waals surface area contributed by atoms with Gasteiger partial charge in [0.2, 0.25) is 0 Å². The van der Waals surface area contributed by atoms with Gasteiger partial charge in [0.05, 0.1) is 0 Å². The van der Waals surface area contributed by atoms with Gasteiger partial charge in [0.15, 0.2) is 5.79 Å². The molecule has 0 aromatic heterocycles. The van der Waals surface area contributed by atoms with Gasteiger partial charge in [0.1, 0.15) is 6.61 Å². The molecule has 0 aromatic carbocycles. The second-order valence-corrected chi connectivity index (χ2v) is 4.49. The Bertz CT molecular complexity index is 343. The fraction of sp³-hybridized carbons (Fsp3) is 1.00. The molecule has 1 atom stereocenters. The Hall–Kier alpha value is -0.490. The lowest BCUT2D eigenvalue weighted by molar-refractivity contribution is -0.314. The van der Waals surface area contributed by atoms with E-state index in [1.54, 1.807) is 0 Å². The van der Waals surface area contributed by atoms with Crippen LogP contribution >= 0.6 is 0 Å². The minimum absolute atomic E-state index is 0.522. The summed E-state index contributed by atoms with van der Waals surface area (Å²) in [5, 5.41) is 11.7. The Balaban J connectivity index is 5.16. The van der Waals surface area contributed by atoms with E-state index in [1.807, 2.05) is 0 Å². The molecule has 1 unspecified atom stereocenters. The summed E-state index contributed by atoms with van der Waals surface area (Å²) in [4.78, 5) is 0. The molecule has 0 aromatic rings. The van der Waals surface area contributed by atoms with Gasteiger partial charge in [-0.3, -0.25) is 4.55 Å². The van der Waals surface area contributed by atoms with Crippen LogP contribution < -0.4 is 0 Å². The van der Waals surface area contributed by atoms with Crippen LogP contribution in [0.4, 0.5) is 17.6 Å². The van der Waals surface area contributed by atoms with E-state index in [2.05, 4.69) is 4.74 Å². The van der Waals surface area contributed by atoms with Gasteiger partial charge in [-0.2, -0.15) is 26.0 Å². The van der Waals surface area contributed by atoms with Crippen molar-refractivity contribution in [1.29, 1.82) is 0 Å². The molecule has 0 aliphatic carbocycles. The zero-order valence-corrected chi connectivity index (χ0v) is 8.51. The number of rotatable bonds is 4. The van der Waals surface area contributed by atoms with Gasteiger partial charge in [-0.05, 0) is 6.92 Å². The van der Waals surface area contributed by atoms with Crippen LogP contribution in [0.2, 0.25) is 0 Å². The fourth-order valence-electron chi connectivity index (χ4n) is 0.532. The van der Waals surface area contributed by atoms with Gasteiger partial charge in [-0.25, -0.2) is 0 Å². The summed E-state index contributed by atoms with van der Waals surface area (Å²) < 4.78 is 80.5. The molecule has 16 heavy (non-hydrogen) atoms. The standard InChI is InChI=1S/C5H8F4O6S/c1-3(10,11)2-15-5(9,4(6,7)8)16(12,13)14/h10-11H,2H2,1H3,(H,12,13,14). The predicted octanol–water partition coefficient (Wildman–Crippen LogP) is -0.223. The Morgan fingerprint density at radius 1 is 1.19 bits per heavy atom. The Morgan fingerprint density at radius 2 is 1.56 bits per heavy atom. The number of ether oxygens (including phenoxy) is 1. The van der Waals surface area contributed by atoms with Crippen molar-refractivity contribution in [3.05, 3.63) is 0 Å². The maximum absolute atomic E-state index is 12.9. The molecule has 0 saturated carbocycles. The zero-order chi connectivity index (χ0) is 13.4. The van der Waals surface area contributed by atoms with Crippen molar-refractivity contribution in [3.8, 4) is 0 Å². The largest absolute Gasteiger partial charge is 0.467 e. The summed E-state index contributed by atoms with van der Waals surface area (Å²) in [6.45, 7) is -1.20. The average Bonchev–Trinajstić information content (AvgIpc) is 1.93. The van der Waals surface area contributed by atoms with E-state index in [0.29, 0.717) is 6.92 Å². The maximum atomic E-state index is 12.9. The highest BCUT2D eigenvalue weighted by atomic mass is 32.2. The van der Waals surface area contributed by atoms with Crippen molar-refractivity contribution in [2.45, 2.75) is 24.1 Å². The summed E-state index contributed by atoms with van der Waals surface area (Å²) in [6, 6.07) is 0. The smallest absolute Gasteiger partial charge is 0.364 e. The van der Waals surface area contributed by atoms with Crippen molar-refractivity contribution in [1.82, 2.24) is 0 Å². The van der Waals surface area contributed by atoms with E-state index in [1.165, 1.54) is 0 Å². The predicted molar refractivity (Wildman–Crippen MR) is 40.2 cm³/mol. The molecule has 0 amide bonds. The van der Waals surface area contributed by atoms with E-state index >= 15 is 0 Å². The highest BCUT2D eigenvalue weighted by Gasteiger charge is 2.68. The molecule has 0 spiro atoms. The summed E-state index contributed by atoms with van der Waals surface area (Å²) in [7, 11) is -6.28. The topological polar surface area (TPSA) is 104 Å². The molecule has 0 rings (SSSR count). The number of aliphatic hydroxyl groups is 2. The minimum atomic E-state index is -6.28. The molecular weight excluding hydrogens is 264 g/mol. The highest BCUT2D eigenvalue weighted by Crippen LogP contribution is 2.39. The normalized spacial score (nSPS) is 18.2. The summed E-state index contributed by atoms with van der Waals surface area (Å²) in [6.07, 6.45) is -6.09. The van der Waals surface area contributed by atoms with Crippen LogP contribution in [0.25, 0.3) is 0 Å². The molecule has 0 bridgehead atoms. The number of hydrogen-bond donors (Lipinski definition) is 3. The van der Waals surface area contributed by atoms with Crippen molar-refractivity contribution in [2.75, 3.05) is 6.61 Å². The first-order chi connectivity index (χ1) is 6.71. The van der Waals surface area contributed by atoms with Gasteiger partial charge < -0.3 is 14.9 Å². The lowest BCUT2D eigenvalue weighted by Gasteiger charge is -2.27. The van der Waals surface area contributed by atoms with Gasteiger partial charge in [-0.1, -0.05) is 0 Å². The molecule has 11 heteroatoms. The van der Waals surface area contributed by atoms with E-state index in [4.69, 9.17) is 14.8 Å². The number of alkyl halides is 4. The van der Waals surface area contributed by atoms with Crippen LogP contribution in [0.1, 0.15) is 6.92 Å². The van der Waals surface area contributed by atoms with Crippen LogP contribution in [-0.4, -0.2) is 46.9 Å². The van der Waals surface area contributed by atoms with E-state index in [0.717, 1.165) is 0 Å². The molecular formula is C5H8F4O6S. The quantitative estimate of drug-likeness (QED) is 0.371. The summed E-state index contributed by atoms with van der Waals surface area (Å²) in [5.74, 6) is -2.90. The van der Waals surface area contributed by atoms with Crippen molar-refractivity contribution in [3.63, 3.8) is 0 Å². The molecule has 6 nitrogen and oxygen atoms in total. The van der Waals surface area contributed by atoms with Crippen LogP contribution in [0.15, 0.2) is 0 Å². The van der Waals surface area contributed by atoms with E-state index in [-0.39, 0.29) is 0 Å². The first-order valence-corrected chi connectivity index (χ1v) is 4.96. The first-order valence-electron chi connectivity index (χ1n) is 3.52. The first kappa shape index (κ1) is 15.5. The second kappa shape index (κ2) is 4.07. The monoisotopic (exact) mass is 272 g/mol. The Kier molecular flexibility index (Phi) is 3.95. The van der Waals surface area contributed by atoms with Crippen LogP contribution in [-0.2, 0) is 14.9 Å². The molecule has 98 valence electrons. The summed E-state index contributed by atoms with van der Waals surface area (Å²) >= 11 is 0. The fourth-order valence-corrected chi connectivity index (χ4v) is 1.03. The molecule has 0 heterocycles. The molecule has 0 aliphatic heterocycles. The second-order valence-electron chi connectivity index (χ2n) is 3.01. The molecule has 0 aliphatic rings. The molecule has 0 saturated heterocycles. The van der Waals surface area contributed by atoms with E-state index < -0.39 is 33.9 Å². The van der Waals surface area contributed by atoms with E-state index in [9.17, 15) is 26.0 Å². The SMILES string of the molecule is CC(O)(O)COC(F)(C(F)(F)F)S(=O)(=O)O. The van der Waals surface area contributed by atoms with Crippen molar-refractivity contribution < 1.29 is 45.5 Å². The molecule has 0 fully saturated rings. The highest BCUT2D eigenvalue weighted by molar-refractivity contribution is 7.87. The number of hydrogen-bond acceptors (Lipinski definition) is 5. The Labute approximate surface area is 87.2 Å². The molecule has 3 N–H and O–H groups in total. The summed E-state index contributed by atoms with van der Waals surface area (Å²) in [5.41, 5.74) is 0. The number of halogens is 4. The van der Waals surface area contributed by atoms with Gasteiger partial charge in [0, 0.05) is 0 Å². The third kappa shape index (κ3) is 3.52. The maximum Gasteiger partial charge on any atom is 0.467 e. The third-order valence-electron chi connectivity index (χ3n) is 1.20. The average molecular weight is 272 g/mol. The van der Waals surface area contributed by atoms with Crippen LogP contribution in [0, 0.1) is 0 Å². The van der Waals surface area contributed by atoms with Crippen molar-refractivity contribution >= 4 is 10.1 Å². The molecule has 0 radical (unpaired) electrons. The van der Waals surface area contributed by atoms with Gasteiger partial charge >= 0.3 is 21.5 Å². The third-order valence-corrected chi connectivity index (χ3v) is 2.21. The lowest BCUT2D eigenvalue weighted by Crippen LogP contribution is -2.52. The Morgan fingerprint density at radius 3 is 1.75 bits per heavy atom. The van der Waals surface area contributed by atoms with Gasteiger partial charge in [-0.15, -0.1) is 0 Å². The minimum Gasteiger partial charge on any atom is -0.364 e. The van der Waals surface area contributed by atoms with Crippen LogP contribution in [0.3, 0.4) is 0 Å². The zero-order valence-electron chi connectivity index (χ0n) is 7.69.